The Morgan fingerprint density at radius 2 is 1.60 bits per heavy atom. The molecule has 0 aliphatic heterocycles. The summed E-state index contributed by atoms with van der Waals surface area (Å²) in [6, 6.07) is 12.5. The van der Waals surface area contributed by atoms with E-state index in [1.807, 2.05) is 12.1 Å². The molecule has 0 aromatic heterocycles. The Kier molecular flexibility index (Phi) is 8.21. The molecule has 2 aromatic rings. The molecule has 0 amide bonds. The fourth-order valence-electron chi connectivity index (χ4n) is 4.19. The lowest BCUT2D eigenvalue weighted by Gasteiger charge is -2.21. The molecule has 0 heterocycles. The summed E-state index contributed by atoms with van der Waals surface area (Å²) in [5.41, 5.74) is 5.40. The first-order chi connectivity index (χ1) is 14.7. The van der Waals surface area contributed by atoms with Crippen LogP contribution in [-0.2, 0) is 13.0 Å². The van der Waals surface area contributed by atoms with Crippen LogP contribution in [0.15, 0.2) is 42.0 Å². The summed E-state index contributed by atoms with van der Waals surface area (Å²) >= 11 is 0. The van der Waals surface area contributed by atoms with E-state index in [1.165, 1.54) is 41.5 Å². The number of methoxy groups -OCH3 is 3. The van der Waals surface area contributed by atoms with Gasteiger partial charge in [0.25, 0.3) is 0 Å². The molecule has 0 saturated carbocycles. The minimum absolute atomic E-state index is 0.809. The van der Waals surface area contributed by atoms with Crippen LogP contribution in [0, 0.1) is 0 Å². The number of para-hydroxylation sites is 1. The average molecular weight is 410 g/mol. The number of benzene rings is 2. The van der Waals surface area contributed by atoms with Gasteiger partial charge in [0, 0.05) is 12.1 Å². The van der Waals surface area contributed by atoms with Crippen LogP contribution in [0.4, 0.5) is 0 Å². The van der Waals surface area contributed by atoms with E-state index in [9.17, 15) is 0 Å². The maximum atomic E-state index is 5.50. The van der Waals surface area contributed by atoms with Crippen molar-refractivity contribution in [3.8, 4) is 17.2 Å². The van der Waals surface area contributed by atoms with Gasteiger partial charge in [0.1, 0.15) is 5.75 Å². The van der Waals surface area contributed by atoms with Crippen LogP contribution < -0.4 is 14.2 Å². The fraction of sp³-hybridized carbons (Fsp3) is 0.462. The van der Waals surface area contributed by atoms with E-state index >= 15 is 0 Å². The van der Waals surface area contributed by atoms with Crippen LogP contribution >= 0.6 is 0 Å². The zero-order valence-corrected chi connectivity index (χ0v) is 18.9. The number of unbranched alkanes of at least 4 members (excludes halogenated alkanes) is 2. The van der Waals surface area contributed by atoms with Crippen molar-refractivity contribution < 1.29 is 14.2 Å². The van der Waals surface area contributed by atoms with E-state index in [4.69, 9.17) is 14.2 Å². The number of rotatable bonds is 12. The molecule has 4 heteroatoms. The van der Waals surface area contributed by atoms with E-state index in [2.05, 4.69) is 42.2 Å². The molecule has 0 saturated heterocycles. The van der Waals surface area contributed by atoms with Crippen LogP contribution in [-0.4, -0.2) is 39.3 Å². The van der Waals surface area contributed by atoms with Crippen LogP contribution in [0.5, 0.6) is 17.2 Å². The predicted molar refractivity (Wildman–Crippen MR) is 124 cm³/mol. The van der Waals surface area contributed by atoms with Gasteiger partial charge in [0.05, 0.1) is 21.3 Å². The molecule has 4 nitrogen and oxygen atoms in total. The molecule has 1 aliphatic carbocycles. The highest BCUT2D eigenvalue weighted by molar-refractivity contribution is 5.67. The van der Waals surface area contributed by atoms with Gasteiger partial charge in [0.2, 0.25) is 0 Å². The van der Waals surface area contributed by atoms with Crippen molar-refractivity contribution in [3.63, 3.8) is 0 Å². The quantitative estimate of drug-likeness (QED) is 0.419. The van der Waals surface area contributed by atoms with Crippen molar-refractivity contribution in [3.05, 3.63) is 58.7 Å². The number of ether oxygens (including phenoxy) is 3. The lowest BCUT2D eigenvalue weighted by molar-refractivity contribution is 0.268. The number of hydrogen-bond acceptors (Lipinski definition) is 4. The maximum absolute atomic E-state index is 5.50. The largest absolute Gasteiger partial charge is 0.496 e. The Morgan fingerprint density at radius 1 is 0.867 bits per heavy atom. The second-order valence-corrected chi connectivity index (χ2v) is 7.88. The van der Waals surface area contributed by atoms with Crippen molar-refractivity contribution in [2.45, 2.75) is 45.6 Å². The second kappa shape index (κ2) is 11.1. The van der Waals surface area contributed by atoms with Gasteiger partial charge in [-0.3, -0.25) is 4.90 Å². The molecular formula is C26H35NO3. The molecule has 162 valence electrons. The van der Waals surface area contributed by atoms with Gasteiger partial charge in [-0.1, -0.05) is 43.2 Å². The van der Waals surface area contributed by atoms with Gasteiger partial charge in [0.15, 0.2) is 11.5 Å². The normalized spacial score (nSPS) is 12.6. The summed E-state index contributed by atoms with van der Waals surface area (Å²) in [5, 5.41) is 0. The fourth-order valence-corrected chi connectivity index (χ4v) is 4.19. The highest BCUT2D eigenvalue weighted by Crippen LogP contribution is 2.37. The van der Waals surface area contributed by atoms with Crippen LogP contribution in [0.25, 0.3) is 6.08 Å². The van der Waals surface area contributed by atoms with E-state index < -0.39 is 0 Å². The Labute approximate surface area is 181 Å². The monoisotopic (exact) mass is 409 g/mol. The SMILES string of the molecule is CCN(CCCCCC1=Cc2cc(OC)c(OC)cc2C1)Cc1ccccc1OC. The molecule has 0 N–H and O–H groups in total. The highest BCUT2D eigenvalue weighted by Gasteiger charge is 2.16. The van der Waals surface area contributed by atoms with Gasteiger partial charge in [-0.2, -0.15) is 0 Å². The molecule has 3 rings (SSSR count). The van der Waals surface area contributed by atoms with Gasteiger partial charge >= 0.3 is 0 Å². The molecule has 0 fully saturated rings. The number of nitrogens with zero attached hydrogens (tertiary/aromatic N) is 1. The number of allylic oxidation sites excluding steroid dienone is 1. The Bertz CT molecular complexity index is 859. The Morgan fingerprint density at radius 3 is 2.33 bits per heavy atom. The van der Waals surface area contributed by atoms with Crippen LogP contribution in [0.2, 0.25) is 0 Å². The summed E-state index contributed by atoms with van der Waals surface area (Å²) in [4.78, 5) is 2.50. The first kappa shape index (κ1) is 22.2. The standard InChI is InChI=1S/C26H35NO3/c1-5-27(19-21-12-8-9-13-24(21)28-2)14-10-6-7-11-20-15-22-17-25(29-3)26(30-4)18-23(22)16-20/h8-9,12-13,15,17-18H,5-7,10-11,14,16,19H2,1-4H3. The smallest absolute Gasteiger partial charge is 0.161 e. The Balaban J connectivity index is 1.42. The first-order valence-electron chi connectivity index (χ1n) is 11.0. The van der Waals surface area contributed by atoms with Gasteiger partial charge in [-0.05, 0) is 68.1 Å². The minimum Gasteiger partial charge on any atom is -0.496 e. The number of fused-ring (bicyclic) bond motifs is 1. The molecular weight excluding hydrogens is 374 g/mol. The minimum atomic E-state index is 0.809. The van der Waals surface area contributed by atoms with Crippen molar-refractivity contribution in [1.82, 2.24) is 4.90 Å². The molecule has 0 bridgehead atoms. The predicted octanol–water partition coefficient (Wildman–Crippen LogP) is 5.73. The van der Waals surface area contributed by atoms with E-state index in [0.29, 0.717) is 0 Å². The first-order valence-corrected chi connectivity index (χ1v) is 11.0. The molecule has 0 atom stereocenters. The van der Waals surface area contributed by atoms with Crippen LogP contribution in [0.1, 0.15) is 49.3 Å². The lowest BCUT2D eigenvalue weighted by Crippen LogP contribution is -2.24. The topological polar surface area (TPSA) is 30.9 Å². The van der Waals surface area contributed by atoms with Gasteiger partial charge < -0.3 is 14.2 Å². The number of hydrogen-bond donors (Lipinski definition) is 0. The maximum Gasteiger partial charge on any atom is 0.161 e. The van der Waals surface area contributed by atoms with Gasteiger partial charge in [-0.25, -0.2) is 0 Å². The summed E-state index contributed by atoms with van der Waals surface area (Å²) in [6.07, 6.45) is 8.24. The third kappa shape index (κ3) is 5.57. The second-order valence-electron chi connectivity index (χ2n) is 7.88. The van der Waals surface area contributed by atoms with E-state index in [-0.39, 0.29) is 0 Å². The highest BCUT2D eigenvalue weighted by atomic mass is 16.5. The van der Waals surface area contributed by atoms with Crippen molar-refractivity contribution in [2.24, 2.45) is 0 Å². The molecule has 2 aromatic carbocycles. The van der Waals surface area contributed by atoms with E-state index in [0.717, 1.165) is 49.7 Å². The van der Waals surface area contributed by atoms with E-state index in [1.54, 1.807) is 21.3 Å². The van der Waals surface area contributed by atoms with Crippen molar-refractivity contribution in [1.29, 1.82) is 0 Å². The molecule has 0 unspecified atom stereocenters. The third-order valence-electron chi connectivity index (χ3n) is 5.93. The average Bonchev–Trinajstić information content (AvgIpc) is 3.18. The molecule has 1 aliphatic rings. The van der Waals surface area contributed by atoms with Crippen molar-refractivity contribution >= 4 is 6.08 Å². The summed E-state index contributed by atoms with van der Waals surface area (Å²) in [5.74, 6) is 2.61. The third-order valence-corrected chi connectivity index (χ3v) is 5.93. The van der Waals surface area contributed by atoms with Gasteiger partial charge in [-0.15, -0.1) is 0 Å². The molecule has 0 radical (unpaired) electrons. The summed E-state index contributed by atoms with van der Waals surface area (Å²) in [6.45, 7) is 5.37. The zero-order chi connectivity index (χ0) is 21.3. The summed E-state index contributed by atoms with van der Waals surface area (Å²) < 4.78 is 16.4. The van der Waals surface area contributed by atoms with Crippen molar-refractivity contribution in [2.75, 3.05) is 34.4 Å². The Hall–Kier alpha value is -2.46. The molecule has 0 spiro atoms. The molecule has 30 heavy (non-hydrogen) atoms. The lowest BCUT2D eigenvalue weighted by atomic mass is 10.0. The zero-order valence-electron chi connectivity index (χ0n) is 18.9. The van der Waals surface area contributed by atoms with Crippen LogP contribution in [0.3, 0.4) is 0 Å². The summed E-state index contributed by atoms with van der Waals surface area (Å²) in [7, 11) is 5.13.